The van der Waals surface area contributed by atoms with Gasteiger partial charge < -0.3 is 9.47 Å². The van der Waals surface area contributed by atoms with Crippen LogP contribution in [0, 0.1) is 0 Å². The minimum Gasteiger partial charge on any atom is -0.329 e. The molecule has 0 aliphatic carbocycles. The average Bonchev–Trinajstić information content (AvgIpc) is 2.72. The predicted octanol–water partition coefficient (Wildman–Crippen LogP) is 2.27. The fourth-order valence-electron chi connectivity index (χ4n) is 3.01. The third kappa shape index (κ3) is 2.76. The third-order valence-electron chi connectivity index (χ3n) is 4.12. The maximum Gasteiger partial charge on any atom is 0.230 e. The van der Waals surface area contributed by atoms with Crippen LogP contribution < -0.4 is 4.72 Å². The van der Waals surface area contributed by atoms with Gasteiger partial charge in [0, 0.05) is 31.1 Å². The van der Waals surface area contributed by atoms with Crippen LogP contribution in [0.1, 0.15) is 12.0 Å². The Morgan fingerprint density at radius 1 is 1.18 bits per heavy atom. The van der Waals surface area contributed by atoms with E-state index in [0.717, 1.165) is 36.0 Å². The first kappa shape index (κ1) is 15.1. The van der Waals surface area contributed by atoms with Crippen LogP contribution in [0.5, 0.6) is 0 Å². The van der Waals surface area contributed by atoms with E-state index in [2.05, 4.69) is 28.8 Å². The fourth-order valence-corrected chi connectivity index (χ4v) is 3.60. The molecule has 2 aromatic rings. The number of fused-ring (bicyclic) bond motifs is 1. The zero-order valence-electron chi connectivity index (χ0n) is 13.1. The van der Waals surface area contributed by atoms with Crippen molar-refractivity contribution in [2.24, 2.45) is 7.05 Å². The molecule has 6 heteroatoms. The minimum atomic E-state index is -3.33. The van der Waals surface area contributed by atoms with Crippen molar-refractivity contribution in [3.63, 3.8) is 0 Å². The van der Waals surface area contributed by atoms with Crippen LogP contribution in [0.4, 0.5) is 5.82 Å². The molecule has 0 bridgehead atoms. The van der Waals surface area contributed by atoms with Gasteiger partial charge in [0.25, 0.3) is 0 Å². The summed E-state index contributed by atoms with van der Waals surface area (Å²) < 4.78 is 28.1. The molecule has 0 unspecified atom stereocenters. The van der Waals surface area contributed by atoms with Gasteiger partial charge in [-0.3, -0.25) is 4.72 Å². The lowest BCUT2D eigenvalue weighted by Gasteiger charge is -2.22. The Balaban J connectivity index is 2.24. The highest BCUT2D eigenvalue weighted by Crippen LogP contribution is 2.37. The number of hydrogen-bond acceptors (Lipinski definition) is 3. The van der Waals surface area contributed by atoms with Crippen LogP contribution in [0.15, 0.2) is 30.3 Å². The van der Waals surface area contributed by atoms with Gasteiger partial charge in [-0.2, -0.15) is 0 Å². The van der Waals surface area contributed by atoms with Crippen molar-refractivity contribution in [2.45, 2.75) is 6.42 Å². The summed E-state index contributed by atoms with van der Waals surface area (Å²) >= 11 is 0. The molecule has 0 amide bonds. The van der Waals surface area contributed by atoms with E-state index < -0.39 is 10.0 Å². The average molecular weight is 319 g/mol. The van der Waals surface area contributed by atoms with Gasteiger partial charge in [0.05, 0.1) is 11.8 Å². The van der Waals surface area contributed by atoms with E-state index in [9.17, 15) is 8.42 Å². The number of hydrogen-bond donors (Lipinski definition) is 1. The van der Waals surface area contributed by atoms with Crippen LogP contribution in [-0.2, 0) is 17.1 Å². The maximum absolute atomic E-state index is 11.8. The van der Waals surface area contributed by atoms with Gasteiger partial charge in [-0.25, -0.2) is 8.42 Å². The number of aromatic nitrogens is 1. The van der Waals surface area contributed by atoms with Crippen molar-refractivity contribution in [2.75, 3.05) is 31.1 Å². The number of nitrogens with one attached hydrogen (secondary N) is 1. The van der Waals surface area contributed by atoms with Crippen molar-refractivity contribution >= 4 is 32.3 Å². The standard InChI is InChI=1S/C16H21N3O2S/c1-18-10-8-12(9-11-18)15-13-6-4-5-7-14(13)19(2)16(15)17-22(3,20)21/h4-8,17H,9-11H2,1-3H3. The van der Waals surface area contributed by atoms with E-state index in [4.69, 9.17) is 0 Å². The SMILES string of the molecule is CN1CC=C(c2c(NS(C)(=O)=O)n(C)c3ccccc23)CC1. The van der Waals surface area contributed by atoms with Crippen LogP contribution >= 0.6 is 0 Å². The number of likely N-dealkylation sites (N-methyl/N-ethyl adjacent to an activating group) is 1. The minimum absolute atomic E-state index is 0.652. The molecule has 0 fully saturated rings. The van der Waals surface area contributed by atoms with Crippen molar-refractivity contribution in [1.82, 2.24) is 9.47 Å². The molecule has 1 aliphatic rings. The van der Waals surface area contributed by atoms with Gasteiger partial charge >= 0.3 is 0 Å². The summed E-state index contributed by atoms with van der Waals surface area (Å²) in [4.78, 5) is 2.25. The van der Waals surface area contributed by atoms with Crippen molar-refractivity contribution < 1.29 is 8.42 Å². The molecule has 22 heavy (non-hydrogen) atoms. The van der Waals surface area contributed by atoms with Gasteiger partial charge in [-0.15, -0.1) is 0 Å². The largest absolute Gasteiger partial charge is 0.329 e. The molecule has 0 spiro atoms. The molecule has 0 saturated heterocycles. The molecule has 0 atom stereocenters. The van der Waals surface area contributed by atoms with Gasteiger partial charge in [0.15, 0.2) is 0 Å². The summed E-state index contributed by atoms with van der Waals surface area (Å²) in [6.45, 7) is 1.87. The van der Waals surface area contributed by atoms with Gasteiger partial charge in [-0.1, -0.05) is 24.3 Å². The summed E-state index contributed by atoms with van der Waals surface area (Å²) in [5.41, 5.74) is 3.25. The Morgan fingerprint density at radius 3 is 2.55 bits per heavy atom. The Labute approximate surface area is 131 Å². The van der Waals surface area contributed by atoms with Crippen molar-refractivity contribution in [1.29, 1.82) is 0 Å². The highest BCUT2D eigenvalue weighted by molar-refractivity contribution is 7.92. The second-order valence-corrected chi connectivity index (χ2v) is 7.66. The smallest absolute Gasteiger partial charge is 0.230 e. The molecule has 0 radical (unpaired) electrons. The van der Waals surface area contributed by atoms with E-state index in [-0.39, 0.29) is 0 Å². The highest BCUT2D eigenvalue weighted by atomic mass is 32.2. The van der Waals surface area contributed by atoms with Gasteiger partial charge in [0.2, 0.25) is 10.0 Å². The van der Waals surface area contributed by atoms with Crippen molar-refractivity contribution in [3.8, 4) is 0 Å². The molecule has 1 aromatic carbocycles. The normalized spacial score (nSPS) is 16.8. The number of benzene rings is 1. The zero-order valence-corrected chi connectivity index (χ0v) is 13.9. The molecular weight excluding hydrogens is 298 g/mol. The van der Waals surface area contributed by atoms with Crippen LogP contribution in [0.25, 0.3) is 16.5 Å². The summed E-state index contributed by atoms with van der Waals surface area (Å²) in [5.74, 6) is 0.652. The second-order valence-electron chi connectivity index (χ2n) is 5.92. The maximum atomic E-state index is 11.8. The van der Waals surface area contributed by atoms with Crippen molar-refractivity contribution in [3.05, 3.63) is 35.9 Å². The van der Waals surface area contributed by atoms with Crippen LogP contribution in [-0.4, -0.2) is 44.3 Å². The summed E-state index contributed by atoms with van der Waals surface area (Å²) in [6.07, 6.45) is 4.30. The van der Waals surface area contributed by atoms with E-state index in [1.807, 2.05) is 29.8 Å². The Morgan fingerprint density at radius 2 is 1.91 bits per heavy atom. The number of sulfonamides is 1. The number of para-hydroxylation sites is 1. The molecule has 1 aliphatic heterocycles. The molecule has 5 nitrogen and oxygen atoms in total. The molecule has 2 heterocycles. The lowest BCUT2D eigenvalue weighted by atomic mass is 9.98. The first-order valence-corrected chi connectivity index (χ1v) is 9.19. The van der Waals surface area contributed by atoms with Crippen LogP contribution in [0.2, 0.25) is 0 Å². The highest BCUT2D eigenvalue weighted by Gasteiger charge is 2.22. The number of anilines is 1. The Hall–Kier alpha value is -1.79. The Kier molecular flexibility index (Phi) is 3.74. The summed E-state index contributed by atoms with van der Waals surface area (Å²) in [7, 11) is 0.659. The van der Waals surface area contributed by atoms with Gasteiger partial charge in [-0.05, 0) is 25.1 Å². The zero-order chi connectivity index (χ0) is 15.9. The van der Waals surface area contributed by atoms with E-state index in [1.54, 1.807) is 0 Å². The number of aryl methyl sites for hydroxylation is 1. The second kappa shape index (κ2) is 5.44. The lowest BCUT2D eigenvalue weighted by molar-refractivity contribution is 0.370. The number of nitrogens with zero attached hydrogens (tertiary/aromatic N) is 2. The molecule has 1 aromatic heterocycles. The molecule has 0 saturated carbocycles. The van der Waals surface area contributed by atoms with Gasteiger partial charge in [0.1, 0.15) is 5.82 Å². The summed E-state index contributed by atoms with van der Waals surface area (Å²) in [6, 6.07) is 8.03. The lowest BCUT2D eigenvalue weighted by Crippen LogP contribution is -2.24. The quantitative estimate of drug-likeness (QED) is 0.944. The first-order valence-electron chi connectivity index (χ1n) is 7.30. The summed E-state index contributed by atoms with van der Waals surface area (Å²) in [5, 5.41) is 1.09. The topological polar surface area (TPSA) is 54.3 Å². The first-order chi connectivity index (χ1) is 10.4. The molecule has 118 valence electrons. The predicted molar refractivity (Wildman–Crippen MR) is 91.5 cm³/mol. The molecule has 1 N–H and O–H groups in total. The molecule has 3 rings (SSSR count). The van der Waals surface area contributed by atoms with E-state index >= 15 is 0 Å². The van der Waals surface area contributed by atoms with Crippen LogP contribution in [0.3, 0.4) is 0 Å². The third-order valence-corrected chi connectivity index (χ3v) is 4.69. The Bertz CT molecular complexity index is 850. The monoisotopic (exact) mass is 319 g/mol. The number of rotatable bonds is 3. The molecular formula is C16H21N3O2S. The van der Waals surface area contributed by atoms with E-state index in [0.29, 0.717) is 5.82 Å². The van der Waals surface area contributed by atoms with E-state index in [1.165, 1.54) is 11.8 Å². The fraction of sp³-hybridized carbons (Fsp3) is 0.375.